The summed E-state index contributed by atoms with van der Waals surface area (Å²) in [5, 5.41) is 0. The molecule has 2 nitrogen and oxygen atoms in total. The third-order valence-corrected chi connectivity index (χ3v) is 2.44. The van der Waals surface area contributed by atoms with Crippen LogP contribution >= 0.6 is 0 Å². The first-order chi connectivity index (χ1) is 6.36. The van der Waals surface area contributed by atoms with Crippen LogP contribution in [0.2, 0.25) is 0 Å². The summed E-state index contributed by atoms with van der Waals surface area (Å²) >= 11 is 0. The van der Waals surface area contributed by atoms with Crippen molar-refractivity contribution in [2.24, 2.45) is 0 Å². The number of hydrogen-bond donors (Lipinski definition) is 0. The Morgan fingerprint density at radius 2 is 2.08 bits per heavy atom. The zero-order valence-electron chi connectivity index (χ0n) is 7.94. The summed E-state index contributed by atoms with van der Waals surface area (Å²) in [6.07, 6.45) is 0.264. The molecular formula is C11H15NO+. The van der Waals surface area contributed by atoms with Crippen LogP contribution in [0, 0.1) is 0 Å². The fraction of sp³-hybridized carbons (Fsp3) is 0.455. The van der Waals surface area contributed by atoms with Crippen molar-refractivity contribution in [1.29, 1.82) is 0 Å². The number of ether oxygens (including phenoxy) is 1. The fourth-order valence-electron chi connectivity index (χ4n) is 1.65. The molecule has 0 aromatic heterocycles. The maximum absolute atomic E-state index is 5.69. The second kappa shape index (κ2) is 3.90. The van der Waals surface area contributed by atoms with E-state index in [-0.39, 0.29) is 6.10 Å². The summed E-state index contributed by atoms with van der Waals surface area (Å²) in [4.78, 5) is 2.31. The van der Waals surface area contributed by atoms with E-state index in [0.29, 0.717) is 0 Å². The van der Waals surface area contributed by atoms with Crippen LogP contribution in [0.5, 0.6) is 0 Å². The molecule has 0 amide bonds. The number of nitrogens with zero attached hydrogens (tertiary/aromatic N) is 1. The molecule has 69 valence electrons. The van der Waals surface area contributed by atoms with Crippen molar-refractivity contribution in [3.8, 4) is 0 Å². The largest absolute Gasteiger partial charge is 0.361 e. The lowest BCUT2D eigenvalue weighted by atomic mass is 10.1. The molecule has 1 saturated heterocycles. The summed E-state index contributed by atoms with van der Waals surface area (Å²) < 4.78 is 5.69. The molecule has 1 aliphatic heterocycles. The topological polar surface area (TPSA) is 15.1 Å². The highest BCUT2D eigenvalue weighted by atomic mass is 16.5. The van der Waals surface area contributed by atoms with Gasteiger partial charge >= 0.3 is 0 Å². The van der Waals surface area contributed by atoms with Gasteiger partial charge in [0.25, 0.3) is 0 Å². The second-order valence-electron chi connectivity index (χ2n) is 3.53. The number of rotatable bonds is 1. The van der Waals surface area contributed by atoms with Gasteiger partial charge in [-0.15, -0.1) is 0 Å². The van der Waals surface area contributed by atoms with E-state index in [2.05, 4.69) is 36.2 Å². The highest BCUT2D eigenvalue weighted by Gasteiger charge is 2.25. The molecule has 13 heavy (non-hydrogen) atoms. The Balaban J connectivity index is 2.08. The van der Waals surface area contributed by atoms with E-state index >= 15 is 0 Å². The summed E-state index contributed by atoms with van der Waals surface area (Å²) in [6, 6.07) is 10.4. The lowest BCUT2D eigenvalue weighted by molar-refractivity contribution is 0.00600. The SMILES string of the molecule is C[N+]1CCOC(c2ccccc2)C1. The Morgan fingerprint density at radius 3 is 2.77 bits per heavy atom. The Kier molecular flexibility index (Phi) is 2.62. The molecule has 1 heterocycles. The van der Waals surface area contributed by atoms with Gasteiger partial charge in [0, 0.05) is 0 Å². The van der Waals surface area contributed by atoms with Crippen molar-refractivity contribution >= 4 is 0 Å². The molecule has 1 fully saturated rings. The van der Waals surface area contributed by atoms with Crippen LogP contribution in [-0.2, 0) is 4.74 Å². The van der Waals surface area contributed by atoms with E-state index in [1.807, 2.05) is 6.07 Å². The van der Waals surface area contributed by atoms with E-state index in [0.717, 1.165) is 19.7 Å². The minimum absolute atomic E-state index is 0.264. The number of benzene rings is 1. The van der Waals surface area contributed by atoms with E-state index < -0.39 is 0 Å². The monoisotopic (exact) mass is 177 g/mol. The molecule has 0 bridgehead atoms. The molecule has 1 aliphatic rings. The van der Waals surface area contributed by atoms with Gasteiger partial charge in [-0.2, -0.15) is 4.90 Å². The summed E-state index contributed by atoms with van der Waals surface area (Å²) in [7, 11) is 2.14. The summed E-state index contributed by atoms with van der Waals surface area (Å²) in [5.41, 5.74) is 1.29. The first-order valence-electron chi connectivity index (χ1n) is 4.71. The van der Waals surface area contributed by atoms with Gasteiger partial charge in [-0.3, -0.25) is 0 Å². The van der Waals surface area contributed by atoms with Crippen LogP contribution in [0.15, 0.2) is 30.3 Å². The lowest BCUT2D eigenvalue weighted by Crippen LogP contribution is -2.39. The van der Waals surface area contributed by atoms with Crippen molar-refractivity contribution in [2.45, 2.75) is 6.10 Å². The van der Waals surface area contributed by atoms with Crippen LogP contribution in [0.1, 0.15) is 11.7 Å². The highest BCUT2D eigenvalue weighted by molar-refractivity contribution is 5.18. The van der Waals surface area contributed by atoms with Crippen LogP contribution in [-0.4, -0.2) is 26.7 Å². The molecule has 0 spiro atoms. The minimum atomic E-state index is 0.264. The standard InChI is InChI=1S/C11H15NO/c1-12-7-8-13-11(9-12)10-5-3-2-4-6-10/h2-6,11H,7-9H2,1H3/q+1. The van der Waals surface area contributed by atoms with Crippen LogP contribution in [0.25, 0.3) is 0 Å². The molecule has 1 aromatic rings. The summed E-state index contributed by atoms with van der Waals surface area (Å²) in [6.45, 7) is 2.89. The molecule has 0 N–H and O–H groups in total. The van der Waals surface area contributed by atoms with E-state index in [9.17, 15) is 0 Å². The molecule has 1 atom stereocenters. The van der Waals surface area contributed by atoms with Gasteiger partial charge in [-0.05, 0) is 5.56 Å². The van der Waals surface area contributed by atoms with Crippen LogP contribution < -0.4 is 4.90 Å². The first-order valence-corrected chi connectivity index (χ1v) is 4.71. The Hall–Kier alpha value is -0.860. The number of likely N-dealkylation sites (N-methyl/N-ethyl adjacent to an activating group) is 1. The normalized spacial score (nSPS) is 24.5. The van der Waals surface area contributed by atoms with Crippen molar-refractivity contribution in [3.05, 3.63) is 35.9 Å². The average molecular weight is 177 g/mol. The average Bonchev–Trinajstić information content (AvgIpc) is 2.19. The smallest absolute Gasteiger partial charge is 0.153 e. The van der Waals surface area contributed by atoms with Gasteiger partial charge in [0.15, 0.2) is 6.54 Å². The van der Waals surface area contributed by atoms with Crippen LogP contribution in [0.4, 0.5) is 0 Å². The van der Waals surface area contributed by atoms with Gasteiger partial charge in [0.1, 0.15) is 26.3 Å². The van der Waals surface area contributed by atoms with Gasteiger partial charge in [-0.1, -0.05) is 30.3 Å². The van der Waals surface area contributed by atoms with Crippen LogP contribution in [0.3, 0.4) is 0 Å². The Morgan fingerprint density at radius 1 is 1.31 bits per heavy atom. The van der Waals surface area contributed by atoms with E-state index in [1.54, 1.807) is 0 Å². The zero-order valence-corrected chi connectivity index (χ0v) is 7.94. The highest BCUT2D eigenvalue weighted by Crippen LogP contribution is 2.19. The first kappa shape index (κ1) is 8.73. The molecule has 1 aromatic carbocycles. The van der Waals surface area contributed by atoms with Gasteiger partial charge in [-0.25, -0.2) is 0 Å². The quantitative estimate of drug-likeness (QED) is 0.594. The molecule has 1 unspecified atom stereocenters. The maximum Gasteiger partial charge on any atom is 0.153 e. The summed E-state index contributed by atoms with van der Waals surface area (Å²) in [5.74, 6) is 0. The molecule has 0 aliphatic carbocycles. The molecular weight excluding hydrogens is 162 g/mol. The predicted molar refractivity (Wildman–Crippen MR) is 52.9 cm³/mol. The van der Waals surface area contributed by atoms with E-state index in [4.69, 9.17) is 4.74 Å². The predicted octanol–water partition coefficient (Wildman–Crippen LogP) is 1.53. The Bertz CT molecular complexity index is 260. The number of morpholine rings is 1. The third-order valence-electron chi connectivity index (χ3n) is 2.44. The third kappa shape index (κ3) is 2.08. The number of hydrogen-bond acceptors (Lipinski definition) is 2. The van der Waals surface area contributed by atoms with Gasteiger partial charge in [0.2, 0.25) is 0 Å². The van der Waals surface area contributed by atoms with Crippen molar-refractivity contribution < 1.29 is 4.74 Å². The van der Waals surface area contributed by atoms with Crippen molar-refractivity contribution in [3.63, 3.8) is 0 Å². The molecule has 1 radical (unpaired) electrons. The van der Waals surface area contributed by atoms with Crippen molar-refractivity contribution in [1.82, 2.24) is 4.90 Å². The van der Waals surface area contributed by atoms with Gasteiger partial charge in [0.05, 0.1) is 0 Å². The zero-order chi connectivity index (χ0) is 9.10. The van der Waals surface area contributed by atoms with E-state index in [1.165, 1.54) is 5.56 Å². The molecule has 2 rings (SSSR count). The second-order valence-corrected chi connectivity index (χ2v) is 3.53. The maximum atomic E-state index is 5.69. The molecule has 2 heteroatoms. The lowest BCUT2D eigenvalue weighted by Gasteiger charge is -2.23. The minimum Gasteiger partial charge on any atom is -0.361 e. The van der Waals surface area contributed by atoms with Crippen molar-refractivity contribution in [2.75, 3.05) is 26.7 Å². The Labute approximate surface area is 79.1 Å². The molecule has 0 saturated carbocycles. The van der Waals surface area contributed by atoms with Gasteiger partial charge < -0.3 is 4.74 Å². The fourth-order valence-corrected chi connectivity index (χ4v) is 1.65.